The molecule has 2 N–H and O–H groups in total. The largest absolute Gasteiger partial charge is 0.396 e. The fourth-order valence-electron chi connectivity index (χ4n) is 1.98. The van der Waals surface area contributed by atoms with Crippen LogP contribution in [-0.2, 0) is 12.8 Å². The van der Waals surface area contributed by atoms with Crippen LogP contribution in [0.4, 0.5) is 0 Å². The Balaban J connectivity index is 2.60. The monoisotopic (exact) mass is 266 g/mol. The molecule has 1 aromatic heterocycles. The molecule has 2 aromatic rings. The summed E-state index contributed by atoms with van der Waals surface area (Å²) < 4.78 is 1.44. The molecule has 0 amide bonds. The lowest BCUT2D eigenvalue weighted by Gasteiger charge is -2.03. The van der Waals surface area contributed by atoms with Crippen LogP contribution in [0.15, 0.2) is 29.1 Å². The highest BCUT2D eigenvalue weighted by atomic mass is 35.5. The van der Waals surface area contributed by atoms with Gasteiger partial charge in [0.1, 0.15) is 0 Å². The van der Waals surface area contributed by atoms with Gasteiger partial charge in [-0.3, -0.25) is 9.89 Å². The van der Waals surface area contributed by atoms with Gasteiger partial charge in [-0.15, -0.1) is 0 Å². The Morgan fingerprint density at radius 2 is 2.11 bits per heavy atom. The highest BCUT2D eigenvalue weighted by molar-refractivity contribution is 6.32. The Hall–Kier alpha value is -1.52. The van der Waals surface area contributed by atoms with Gasteiger partial charge in [-0.1, -0.05) is 30.7 Å². The molecule has 0 fully saturated rings. The number of para-hydroxylation sites is 1. The van der Waals surface area contributed by atoms with Gasteiger partial charge in [0.2, 0.25) is 0 Å². The second kappa shape index (κ2) is 5.42. The van der Waals surface area contributed by atoms with Gasteiger partial charge in [0.15, 0.2) is 0 Å². The van der Waals surface area contributed by atoms with Crippen LogP contribution >= 0.6 is 11.6 Å². The van der Waals surface area contributed by atoms with Crippen LogP contribution in [0.1, 0.15) is 18.2 Å². The molecular weight excluding hydrogens is 252 g/mol. The Morgan fingerprint density at radius 3 is 2.72 bits per heavy atom. The number of hydrogen-bond acceptors (Lipinski definition) is 2. The van der Waals surface area contributed by atoms with Gasteiger partial charge in [-0.2, -0.15) is 0 Å². The number of hydrogen-bond donors (Lipinski definition) is 2. The van der Waals surface area contributed by atoms with Gasteiger partial charge in [0.05, 0.1) is 10.7 Å². The van der Waals surface area contributed by atoms with Gasteiger partial charge >= 0.3 is 0 Å². The van der Waals surface area contributed by atoms with Crippen LogP contribution in [-0.4, -0.2) is 21.5 Å². The van der Waals surface area contributed by atoms with Crippen LogP contribution in [0.3, 0.4) is 0 Å². The number of rotatable bonds is 4. The highest BCUT2D eigenvalue weighted by Gasteiger charge is 2.14. The standard InChI is InChI=1S/C13H15ClN2O2/c1-2-11-9(7-8-17)13(18)16(15-11)12-6-4-3-5-10(12)14/h3-6,15,17H,2,7-8H2,1H3. The van der Waals surface area contributed by atoms with E-state index in [1.54, 1.807) is 12.1 Å². The summed E-state index contributed by atoms with van der Waals surface area (Å²) >= 11 is 6.08. The average molecular weight is 267 g/mol. The maximum absolute atomic E-state index is 12.3. The fourth-order valence-corrected chi connectivity index (χ4v) is 2.20. The molecule has 0 aliphatic rings. The number of nitrogens with zero attached hydrogens (tertiary/aromatic N) is 1. The summed E-state index contributed by atoms with van der Waals surface area (Å²) in [4.78, 5) is 12.3. The van der Waals surface area contributed by atoms with E-state index in [0.717, 1.165) is 5.69 Å². The predicted octanol–water partition coefficient (Wildman–Crippen LogP) is 1.92. The predicted molar refractivity (Wildman–Crippen MR) is 71.6 cm³/mol. The summed E-state index contributed by atoms with van der Waals surface area (Å²) in [6, 6.07) is 7.16. The molecule has 4 nitrogen and oxygen atoms in total. The normalized spacial score (nSPS) is 10.8. The lowest BCUT2D eigenvalue weighted by molar-refractivity contribution is 0.299. The summed E-state index contributed by atoms with van der Waals surface area (Å²) in [5.41, 5.74) is 1.95. The van der Waals surface area contributed by atoms with Crippen molar-refractivity contribution in [1.82, 2.24) is 9.78 Å². The third kappa shape index (κ3) is 2.21. The van der Waals surface area contributed by atoms with Gasteiger partial charge in [0, 0.05) is 24.3 Å². The lowest BCUT2D eigenvalue weighted by Crippen LogP contribution is -2.18. The van der Waals surface area contributed by atoms with Crippen molar-refractivity contribution in [2.24, 2.45) is 0 Å². The Labute approximate surface area is 110 Å². The minimum atomic E-state index is -0.144. The Morgan fingerprint density at radius 1 is 1.39 bits per heavy atom. The number of benzene rings is 1. The molecular formula is C13H15ClN2O2. The fraction of sp³-hybridized carbons (Fsp3) is 0.308. The Bertz CT molecular complexity index is 601. The van der Waals surface area contributed by atoms with Gasteiger partial charge in [0.25, 0.3) is 5.56 Å². The van der Waals surface area contributed by atoms with Gasteiger partial charge in [-0.25, -0.2) is 4.68 Å². The molecule has 1 aromatic carbocycles. The zero-order valence-electron chi connectivity index (χ0n) is 10.1. The SMILES string of the molecule is CCc1[nH]n(-c2ccccc2Cl)c(=O)c1CCO. The van der Waals surface area contributed by atoms with E-state index < -0.39 is 0 Å². The molecule has 0 unspecified atom stereocenters. The van der Waals surface area contributed by atoms with Crippen molar-refractivity contribution >= 4 is 11.6 Å². The third-order valence-electron chi connectivity index (χ3n) is 2.88. The zero-order valence-corrected chi connectivity index (χ0v) is 10.9. The number of aromatic nitrogens is 2. The molecule has 0 atom stereocenters. The van der Waals surface area contributed by atoms with Crippen molar-refractivity contribution < 1.29 is 5.11 Å². The molecule has 2 rings (SSSR count). The van der Waals surface area contributed by atoms with E-state index in [0.29, 0.717) is 29.1 Å². The first-order valence-corrected chi connectivity index (χ1v) is 6.25. The molecule has 0 bridgehead atoms. The quantitative estimate of drug-likeness (QED) is 0.888. The highest BCUT2D eigenvalue weighted by Crippen LogP contribution is 2.18. The van der Waals surface area contributed by atoms with Crippen molar-refractivity contribution in [3.05, 3.63) is 50.9 Å². The summed E-state index contributed by atoms with van der Waals surface area (Å²) in [7, 11) is 0. The molecule has 0 radical (unpaired) electrons. The smallest absolute Gasteiger partial charge is 0.274 e. The van der Waals surface area contributed by atoms with Crippen molar-refractivity contribution in [2.45, 2.75) is 19.8 Å². The number of halogens is 1. The number of H-pyrrole nitrogens is 1. The lowest BCUT2D eigenvalue weighted by atomic mass is 10.1. The van der Waals surface area contributed by atoms with E-state index in [1.165, 1.54) is 4.68 Å². The number of aryl methyl sites for hydroxylation is 1. The van der Waals surface area contributed by atoms with Crippen molar-refractivity contribution in [3.63, 3.8) is 0 Å². The molecule has 0 spiro atoms. The van der Waals surface area contributed by atoms with E-state index in [4.69, 9.17) is 16.7 Å². The van der Waals surface area contributed by atoms with Gasteiger partial charge < -0.3 is 5.11 Å². The molecule has 1 heterocycles. The third-order valence-corrected chi connectivity index (χ3v) is 3.20. The second-order valence-electron chi connectivity index (χ2n) is 3.99. The minimum Gasteiger partial charge on any atom is -0.396 e. The molecule has 0 saturated carbocycles. The van der Waals surface area contributed by atoms with Crippen LogP contribution < -0.4 is 5.56 Å². The van der Waals surface area contributed by atoms with Crippen LogP contribution in [0.2, 0.25) is 5.02 Å². The van der Waals surface area contributed by atoms with Crippen molar-refractivity contribution in [2.75, 3.05) is 6.61 Å². The summed E-state index contributed by atoms with van der Waals surface area (Å²) in [5, 5.41) is 12.6. The summed E-state index contributed by atoms with van der Waals surface area (Å²) in [6.45, 7) is 1.92. The van der Waals surface area contributed by atoms with Crippen molar-refractivity contribution in [3.8, 4) is 5.69 Å². The minimum absolute atomic E-state index is 0.0391. The second-order valence-corrected chi connectivity index (χ2v) is 4.40. The maximum atomic E-state index is 12.3. The molecule has 5 heteroatoms. The van der Waals surface area contributed by atoms with E-state index in [9.17, 15) is 4.79 Å². The molecule has 0 aliphatic heterocycles. The van der Waals surface area contributed by atoms with Crippen molar-refractivity contribution in [1.29, 1.82) is 0 Å². The van der Waals surface area contributed by atoms with Crippen LogP contribution in [0, 0.1) is 0 Å². The van der Waals surface area contributed by atoms with E-state index >= 15 is 0 Å². The average Bonchev–Trinajstić information content (AvgIpc) is 2.68. The topological polar surface area (TPSA) is 58.0 Å². The van der Waals surface area contributed by atoms with E-state index in [2.05, 4.69) is 5.10 Å². The first-order chi connectivity index (χ1) is 8.69. The first kappa shape index (κ1) is 12.9. The summed E-state index contributed by atoms with van der Waals surface area (Å²) in [6.07, 6.45) is 1.07. The van der Waals surface area contributed by atoms with Gasteiger partial charge in [-0.05, 0) is 18.6 Å². The first-order valence-electron chi connectivity index (χ1n) is 5.87. The Kier molecular flexibility index (Phi) is 3.89. The van der Waals surface area contributed by atoms with E-state index in [1.807, 2.05) is 19.1 Å². The molecule has 18 heavy (non-hydrogen) atoms. The number of aromatic amines is 1. The molecule has 0 aliphatic carbocycles. The number of aliphatic hydroxyl groups excluding tert-OH is 1. The maximum Gasteiger partial charge on any atom is 0.274 e. The molecule has 96 valence electrons. The van der Waals surface area contributed by atoms with Crippen LogP contribution in [0.25, 0.3) is 5.69 Å². The number of aliphatic hydroxyl groups is 1. The van der Waals surface area contributed by atoms with E-state index in [-0.39, 0.29) is 12.2 Å². The zero-order chi connectivity index (χ0) is 13.1. The summed E-state index contributed by atoms with van der Waals surface area (Å²) in [5.74, 6) is 0. The van der Waals surface area contributed by atoms with Crippen LogP contribution in [0.5, 0.6) is 0 Å². The molecule has 0 saturated heterocycles. The number of nitrogens with one attached hydrogen (secondary N) is 1.